The van der Waals surface area contributed by atoms with Crippen molar-refractivity contribution in [2.75, 3.05) is 13.7 Å². The Bertz CT molecular complexity index is 1580. The summed E-state index contributed by atoms with van der Waals surface area (Å²) in [6.07, 6.45) is -1.98. The molecule has 8 heteroatoms. The van der Waals surface area contributed by atoms with Gasteiger partial charge in [-0.15, -0.1) is 0 Å². The lowest BCUT2D eigenvalue weighted by molar-refractivity contribution is -0.143. The molecule has 0 heterocycles. The van der Waals surface area contributed by atoms with Gasteiger partial charge in [0.2, 0.25) is 0 Å². The van der Waals surface area contributed by atoms with Gasteiger partial charge in [-0.25, -0.2) is 4.39 Å². The highest BCUT2D eigenvalue weighted by molar-refractivity contribution is 5.85. The van der Waals surface area contributed by atoms with Crippen molar-refractivity contribution < 1.29 is 36.6 Å². The van der Waals surface area contributed by atoms with Crippen LogP contribution in [0.3, 0.4) is 0 Å². The van der Waals surface area contributed by atoms with Gasteiger partial charge in [0, 0.05) is 5.56 Å². The van der Waals surface area contributed by atoms with Gasteiger partial charge < -0.3 is 14.2 Å². The van der Waals surface area contributed by atoms with Crippen LogP contribution >= 0.6 is 0 Å². The molecule has 4 aromatic rings. The first kappa shape index (κ1) is 30.1. The Kier molecular flexibility index (Phi) is 9.04. The maximum Gasteiger partial charge on any atom is 0.416 e. The fourth-order valence-electron chi connectivity index (χ4n) is 5.30. The molecule has 0 amide bonds. The van der Waals surface area contributed by atoms with Crippen LogP contribution < -0.4 is 9.47 Å². The molecule has 1 aliphatic rings. The van der Waals surface area contributed by atoms with Crippen LogP contribution in [-0.2, 0) is 22.3 Å². The van der Waals surface area contributed by atoms with Crippen LogP contribution in [0.25, 0.3) is 22.3 Å². The second kappa shape index (κ2) is 12.9. The molecule has 0 aliphatic heterocycles. The zero-order valence-electron chi connectivity index (χ0n) is 23.9. The smallest absolute Gasteiger partial charge is 0.416 e. The van der Waals surface area contributed by atoms with Crippen molar-refractivity contribution in [2.45, 2.75) is 44.9 Å². The van der Waals surface area contributed by atoms with Crippen LogP contribution in [-0.4, -0.2) is 19.7 Å². The molecule has 1 fully saturated rings. The molecule has 224 valence electrons. The van der Waals surface area contributed by atoms with E-state index >= 15 is 0 Å². The fourth-order valence-corrected chi connectivity index (χ4v) is 5.30. The number of carbonyl (C=O) groups is 1. The number of esters is 1. The van der Waals surface area contributed by atoms with Gasteiger partial charge in [0.1, 0.15) is 23.9 Å². The summed E-state index contributed by atoms with van der Waals surface area (Å²) in [6.45, 7) is 2.37. The Hall–Kier alpha value is -4.33. The molecule has 4 aromatic carbocycles. The minimum absolute atomic E-state index is 0.0855. The van der Waals surface area contributed by atoms with Crippen molar-refractivity contribution in [3.8, 4) is 33.8 Å². The zero-order chi connectivity index (χ0) is 30.6. The Labute approximate surface area is 248 Å². The van der Waals surface area contributed by atoms with Crippen molar-refractivity contribution in [3.05, 3.63) is 107 Å². The van der Waals surface area contributed by atoms with Gasteiger partial charge in [-0.05, 0) is 108 Å². The molecule has 0 aromatic heterocycles. The van der Waals surface area contributed by atoms with Gasteiger partial charge >= 0.3 is 12.1 Å². The van der Waals surface area contributed by atoms with E-state index < -0.39 is 17.6 Å². The molecule has 43 heavy (non-hydrogen) atoms. The van der Waals surface area contributed by atoms with E-state index in [9.17, 15) is 22.4 Å². The second-order valence-corrected chi connectivity index (χ2v) is 10.6. The van der Waals surface area contributed by atoms with Crippen LogP contribution in [0.5, 0.6) is 11.5 Å². The van der Waals surface area contributed by atoms with Crippen LogP contribution in [0.1, 0.15) is 48.8 Å². The summed E-state index contributed by atoms with van der Waals surface area (Å²) in [5.41, 5.74) is 2.92. The number of rotatable bonds is 11. The molecule has 1 unspecified atom stereocenters. The van der Waals surface area contributed by atoms with Crippen LogP contribution in [0.2, 0.25) is 0 Å². The predicted octanol–water partition coefficient (Wildman–Crippen LogP) is 9.21. The third kappa shape index (κ3) is 7.37. The maximum absolute atomic E-state index is 15.0. The SMILES string of the molecule is CCOC(=O)CC(c1cccc(COc2ccc(-c3cc(OC)ccc3F)c(-c3ccc(C(F)(F)F)cc3)c2)c1)C1CC1. The molecular formula is C35H32F4O4. The number of hydrogen-bond donors (Lipinski definition) is 0. The van der Waals surface area contributed by atoms with Crippen molar-refractivity contribution >= 4 is 5.97 Å². The average molecular weight is 593 g/mol. The molecule has 0 N–H and O–H groups in total. The Balaban J connectivity index is 1.44. The molecule has 4 nitrogen and oxygen atoms in total. The van der Waals surface area contributed by atoms with Crippen molar-refractivity contribution in [3.63, 3.8) is 0 Å². The van der Waals surface area contributed by atoms with Gasteiger partial charge in [0.25, 0.3) is 0 Å². The highest BCUT2D eigenvalue weighted by Crippen LogP contribution is 2.45. The monoisotopic (exact) mass is 592 g/mol. The molecule has 1 atom stereocenters. The Morgan fingerprint density at radius 1 is 0.884 bits per heavy atom. The molecule has 0 radical (unpaired) electrons. The molecule has 0 bridgehead atoms. The van der Waals surface area contributed by atoms with Gasteiger partial charge in [0.05, 0.1) is 25.7 Å². The van der Waals surface area contributed by atoms with E-state index in [0.29, 0.717) is 47.1 Å². The molecule has 1 saturated carbocycles. The molecule has 0 spiro atoms. The molecular weight excluding hydrogens is 560 g/mol. The number of methoxy groups -OCH3 is 1. The largest absolute Gasteiger partial charge is 0.497 e. The summed E-state index contributed by atoms with van der Waals surface area (Å²) in [4.78, 5) is 12.2. The fraction of sp³-hybridized carbons (Fsp3) is 0.286. The summed E-state index contributed by atoms with van der Waals surface area (Å²) in [5.74, 6) is 0.760. The number of alkyl halides is 3. The Morgan fingerprint density at radius 2 is 1.60 bits per heavy atom. The summed E-state index contributed by atoms with van der Waals surface area (Å²) in [7, 11) is 1.48. The van der Waals surface area contributed by atoms with E-state index in [4.69, 9.17) is 14.2 Å². The topological polar surface area (TPSA) is 44.8 Å². The zero-order valence-corrected chi connectivity index (χ0v) is 23.9. The van der Waals surface area contributed by atoms with Crippen molar-refractivity contribution in [2.24, 2.45) is 5.92 Å². The van der Waals surface area contributed by atoms with E-state index in [2.05, 4.69) is 0 Å². The second-order valence-electron chi connectivity index (χ2n) is 10.6. The van der Waals surface area contributed by atoms with Crippen LogP contribution in [0.15, 0.2) is 84.9 Å². The number of ether oxygens (including phenoxy) is 3. The van der Waals surface area contributed by atoms with E-state index in [-0.39, 0.29) is 24.1 Å². The third-order valence-corrected chi connectivity index (χ3v) is 7.65. The quantitative estimate of drug-likeness (QED) is 0.129. The van der Waals surface area contributed by atoms with Crippen molar-refractivity contribution in [1.29, 1.82) is 0 Å². The molecule has 0 saturated heterocycles. The van der Waals surface area contributed by atoms with Crippen LogP contribution in [0, 0.1) is 11.7 Å². The first-order chi connectivity index (χ1) is 20.7. The number of benzene rings is 4. The maximum atomic E-state index is 15.0. The van der Waals surface area contributed by atoms with E-state index in [1.54, 1.807) is 31.2 Å². The number of halogens is 4. The van der Waals surface area contributed by atoms with E-state index in [1.165, 1.54) is 31.4 Å². The average Bonchev–Trinajstić information content (AvgIpc) is 3.85. The lowest BCUT2D eigenvalue weighted by Gasteiger charge is -2.18. The predicted molar refractivity (Wildman–Crippen MR) is 156 cm³/mol. The lowest BCUT2D eigenvalue weighted by atomic mass is 9.90. The number of carbonyl (C=O) groups excluding carboxylic acids is 1. The van der Waals surface area contributed by atoms with Gasteiger partial charge in [-0.2, -0.15) is 13.2 Å². The highest BCUT2D eigenvalue weighted by atomic mass is 19.4. The molecule has 1 aliphatic carbocycles. The van der Waals surface area contributed by atoms with Gasteiger partial charge in [-0.3, -0.25) is 4.79 Å². The first-order valence-corrected chi connectivity index (χ1v) is 14.2. The number of hydrogen-bond acceptors (Lipinski definition) is 4. The van der Waals surface area contributed by atoms with Crippen LogP contribution in [0.4, 0.5) is 17.6 Å². The molecule has 5 rings (SSSR count). The normalized spacial score (nSPS) is 13.8. The highest BCUT2D eigenvalue weighted by Gasteiger charge is 2.34. The third-order valence-electron chi connectivity index (χ3n) is 7.65. The van der Waals surface area contributed by atoms with Gasteiger partial charge in [0.15, 0.2) is 0 Å². The minimum Gasteiger partial charge on any atom is -0.497 e. The van der Waals surface area contributed by atoms with Crippen molar-refractivity contribution in [1.82, 2.24) is 0 Å². The standard InChI is InChI=1S/C35H32F4O4/c1-3-42-34(40)20-30(23-7-8-23)25-6-4-5-22(17-25)21-43-28-13-15-29(32-18-27(41-2)14-16-33(32)36)31(19-28)24-9-11-26(12-10-24)35(37,38)39/h4-6,9-19,23,30H,3,7-8,20-21H2,1-2H3. The lowest BCUT2D eigenvalue weighted by Crippen LogP contribution is -2.12. The summed E-state index contributed by atoms with van der Waals surface area (Å²) in [6, 6.07) is 22.1. The summed E-state index contributed by atoms with van der Waals surface area (Å²) in [5, 5.41) is 0. The van der Waals surface area contributed by atoms with Gasteiger partial charge in [-0.1, -0.05) is 36.4 Å². The summed E-state index contributed by atoms with van der Waals surface area (Å²) >= 11 is 0. The summed E-state index contributed by atoms with van der Waals surface area (Å²) < 4.78 is 71.3. The minimum atomic E-state index is -4.48. The van der Waals surface area contributed by atoms with E-state index in [1.807, 2.05) is 24.3 Å². The van der Waals surface area contributed by atoms with E-state index in [0.717, 1.165) is 36.1 Å². The Morgan fingerprint density at radius 3 is 2.28 bits per heavy atom. The first-order valence-electron chi connectivity index (χ1n) is 14.2.